The molecule has 0 N–H and O–H groups in total. The first-order chi connectivity index (χ1) is 7.34. The zero-order chi connectivity index (χ0) is 10.5. The first kappa shape index (κ1) is 9.92. The Hall–Kier alpha value is -1.62. The maximum Gasteiger partial charge on any atom is 0.138 e. The van der Waals surface area contributed by atoms with E-state index in [0.717, 1.165) is 5.75 Å². The molecule has 0 aliphatic rings. The zero-order valence-electron chi connectivity index (χ0n) is 7.88. The molecule has 0 aliphatic carbocycles. The van der Waals surface area contributed by atoms with Gasteiger partial charge in [-0.25, -0.2) is 4.68 Å². The highest BCUT2D eigenvalue weighted by atomic mass is 35.5. The fraction of sp³-hybridized carbons (Fsp3) is 0.222. The van der Waals surface area contributed by atoms with Crippen LogP contribution in [0.3, 0.4) is 0 Å². The minimum absolute atomic E-state index is 0.521. The number of aromatic nitrogens is 4. The van der Waals surface area contributed by atoms with Gasteiger partial charge in [0, 0.05) is 5.02 Å². The van der Waals surface area contributed by atoms with E-state index in [1.165, 1.54) is 0 Å². The third-order valence-corrected chi connectivity index (χ3v) is 2.05. The van der Waals surface area contributed by atoms with Crippen LogP contribution in [0.2, 0.25) is 5.02 Å². The molecule has 1 aromatic heterocycles. The van der Waals surface area contributed by atoms with Gasteiger partial charge in [-0.1, -0.05) is 11.6 Å². The minimum atomic E-state index is 0.521. The van der Waals surface area contributed by atoms with Crippen molar-refractivity contribution in [2.24, 2.45) is 0 Å². The summed E-state index contributed by atoms with van der Waals surface area (Å²) in [6, 6.07) is 7.21. The SMILES string of the molecule is Clc1ccc(OCCn2cnnn2)cc1. The lowest BCUT2D eigenvalue weighted by Gasteiger charge is -2.04. The van der Waals surface area contributed by atoms with E-state index >= 15 is 0 Å². The first-order valence-corrected chi connectivity index (χ1v) is 4.81. The molecular weight excluding hydrogens is 216 g/mol. The van der Waals surface area contributed by atoms with Crippen LogP contribution < -0.4 is 4.74 Å². The van der Waals surface area contributed by atoms with Gasteiger partial charge >= 0.3 is 0 Å². The number of rotatable bonds is 4. The van der Waals surface area contributed by atoms with Crippen LogP contribution in [0, 0.1) is 0 Å². The largest absolute Gasteiger partial charge is 0.492 e. The Kier molecular flexibility index (Phi) is 3.14. The molecule has 1 aromatic carbocycles. The van der Waals surface area contributed by atoms with Crippen LogP contribution >= 0.6 is 11.6 Å². The van der Waals surface area contributed by atoms with Crippen molar-refractivity contribution in [3.63, 3.8) is 0 Å². The second kappa shape index (κ2) is 4.75. The third kappa shape index (κ3) is 2.92. The molecule has 5 nitrogen and oxygen atoms in total. The van der Waals surface area contributed by atoms with Gasteiger partial charge in [-0.2, -0.15) is 0 Å². The topological polar surface area (TPSA) is 52.8 Å². The average Bonchev–Trinajstić information content (AvgIpc) is 2.74. The van der Waals surface area contributed by atoms with Crippen molar-refractivity contribution < 1.29 is 4.74 Å². The summed E-state index contributed by atoms with van der Waals surface area (Å²) in [6.45, 7) is 1.14. The fourth-order valence-corrected chi connectivity index (χ4v) is 1.20. The number of nitrogens with zero attached hydrogens (tertiary/aromatic N) is 4. The molecule has 6 heteroatoms. The van der Waals surface area contributed by atoms with Crippen LogP contribution in [-0.4, -0.2) is 26.8 Å². The molecule has 2 rings (SSSR count). The molecule has 78 valence electrons. The average molecular weight is 225 g/mol. The van der Waals surface area contributed by atoms with Crippen LogP contribution in [0.25, 0.3) is 0 Å². The number of halogens is 1. The third-order valence-electron chi connectivity index (χ3n) is 1.79. The summed E-state index contributed by atoms with van der Waals surface area (Å²) >= 11 is 5.74. The molecule has 0 fully saturated rings. The predicted octanol–water partition coefficient (Wildman–Crippen LogP) is 1.41. The van der Waals surface area contributed by atoms with Gasteiger partial charge in [0.05, 0.1) is 6.54 Å². The molecule has 0 saturated carbocycles. The molecule has 15 heavy (non-hydrogen) atoms. The van der Waals surface area contributed by atoms with E-state index < -0.39 is 0 Å². The highest BCUT2D eigenvalue weighted by molar-refractivity contribution is 6.30. The summed E-state index contributed by atoms with van der Waals surface area (Å²) in [5.41, 5.74) is 0. The standard InChI is InChI=1S/C9H9ClN4O/c10-8-1-3-9(4-2-8)15-6-5-14-7-11-12-13-14/h1-4,7H,5-6H2. The van der Waals surface area contributed by atoms with E-state index in [1.807, 2.05) is 12.1 Å². The van der Waals surface area contributed by atoms with E-state index in [0.29, 0.717) is 18.2 Å². The molecule has 0 radical (unpaired) electrons. The van der Waals surface area contributed by atoms with Gasteiger partial charge in [-0.3, -0.25) is 0 Å². The Morgan fingerprint density at radius 3 is 2.73 bits per heavy atom. The van der Waals surface area contributed by atoms with Crippen molar-refractivity contribution in [2.45, 2.75) is 6.54 Å². The smallest absolute Gasteiger partial charge is 0.138 e. The van der Waals surface area contributed by atoms with Crippen molar-refractivity contribution in [2.75, 3.05) is 6.61 Å². The normalized spacial score (nSPS) is 10.2. The molecule has 0 atom stereocenters. The molecule has 1 heterocycles. The Morgan fingerprint density at radius 2 is 2.07 bits per heavy atom. The van der Waals surface area contributed by atoms with Crippen molar-refractivity contribution in [3.05, 3.63) is 35.6 Å². The van der Waals surface area contributed by atoms with Crippen LogP contribution in [0.15, 0.2) is 30.6 Å². The van der Waals surface area contributed by atoms with Gasteiger partial charge in [0.15, 0.2) is 0 Å². The Labute approximate surface area is 91.6 Å². The summed E-state index contributed by atoms with van der Waals surface area (Å²) in [6.07, 6.45) is 1.55. The van der Waals surface area contributed by atoms with Crippen LogP contribution in [0.1, 0.15) is 0 Å². The quantitative estimate of drug-likeness (QED) is 0.788. The van der Waals surface area contributed by atoms with Crippen molar-refractivity contribution >= 4 is 11.6 Å². The van der Waals surface area contributed by atoms with Gasteiger partial charge in [-0.15, -0.1) is 5.10 Å². The van der Waals surface area contributed by atoms with Crippen molar-refractivity contribution in [1.82, 2.24) is 20.2 Å². The van der Waals surface area contributed by atoms with Gasteiger partial charge in [0.1, 0.15) is 18.7 Å². The number of benzene rings is 1. The maximum atomic E-state index is 5.74. The van der Waals surface area contributed by atoms with E-state index in [9.17, 15) is 0 Å². The highest BCUT2D eigenvalue weighted by Gasteiger charge is 1.95. The molecular formula is C9H9ClN4O. The molecule has 0 bridgehead atoms. The summed E-state index contributed by atoms with van der Waals surface area (Å²) in [5, 5.41) is 11.5. The highest BCUT2D eigenvalue weighted by Crippen LogP contribution is 2.15. The van der Waals surface area contributed by atoms with Gasteiger partial charge in [0.2, 0.25) is 0 Å². The Morgan fingerprint density at radius 1 is 1.27 bits per heavy atom. The molecule has 2 aromatic rings. The van der Waals surface area contributed by atoms with Crippen LogP contribution in [0.4, 0.5) is 0 Å². The number of ether oxygens (including phenoxy) is 1. The lowest BCUT2D eigenvalue weighted by atomic mass is 10.3. The summed E-state index contributed by atoms with van der Waals surface area (Å²) in [7, 11) is 0. The Bertz CT molecular complexity index is 401. The lowest BCUT2D eigenvalue weighted by Crippen LogP contribution is -2.08. The first-order valence-electron chi connectivity index (χ1n) is 4.44. The number of hydrogen-bond donors (Lipinski definition) is 0. The molecule has 0 amide bonds. The second-order valence-corrected chi connectivity index (χ2v) is 3.31. The van der Waals surface area contributed by atoms with Gasteiger partial charge in [-0.05, 0) is 34.7 Å². The maximum absolute atomic E-state index is 5.74. The minimum Gasteiger partial charge on any atom is -0.492 e. The summed E-state index contributed by atoms with van der Waals surface area (Å²) in [5.74, 6) is 0.785. The van der Waals surface area contributed by atoms with E-state index in [-0.39, 0.29) is 0 Å². The molecule has 0 aliphatic heterocycles. The molecule has 0 spiro atoms. The van der Waals surface area contributed by atoms with Crippen molar-refractivity contribution in [1.29, 1.82) is 0 Å². The van der Waals surface area contributed by atoms with E-state index in [1.54, 1.807) is 23.1 Å². The summed E-state index contributed by atoms with van der Waals surface area (Å²) < 4.78 is 7.07. The zero-order valence-corrected chi connectivity index (χ0v) is 8.63. The molecule has 0 unspecified atom stereocenters. The van der Waals surface area contributed by atoms with Gasteiger partial charge < -0.3 is 4.74 Å². The molecule has 0 saturated heterocycles. The summed E-state index contributed by atoms with van der Waals surface area (Å²) in [4.78, 5) is 0. The predicted molar refractivity (Wildman–Crippen MR) is 54.8 cm³/mol. The van der Waals surface area contributed by atoms with Crippen molar-refractivity contribution in [3.8, 4) is 5.75 Å². The van der Waals surface area contributed by atoms with E-state index in [4.69, 9.17) is 16.3 Å². The fourth-order valence-electron chi connectivity index (χ4n) is 1.07. The number of hydrogen-bond acceptors (Lipinski definition) is 4. The lowest BCUT2D eigenvalue weighted by molar-refractivity contribution is 0.289. The van der Waals surface area contributed by atoms with Gasteiger partial charge in [0.25, 0.3) is 0 Å². The Balaban J connectivity index is 1.81. The second-order valence-electron chi connectivity index (χ2n) is 2.88. The van der Waals surface area contributed by atoms with Crippen LogP contribution in [0.5, 0.6) is 5.75 Å². The van der Waals surface area contributed by atoms with E-state index in [2.05, 4.69) is 15.5 Å². The monoisotopic (exact) mass is 224 g/mol. The van der Waals surface area contributed by atoms with Crippen LogP contribution in [-0.2, 0) is 6.54 Å². The number of tetrazole rings is 1.